The molecule has 0 radical (unpaired) electrons. The minimum atomic E-state index is -0.331. The van der Waals surface area contributed by atoms with Gasteiger partial charge in [0.15, 0.2) is 0 Å². The van der Waals surface area contributed by atoms with Gasteiger partial charge >= 0.3 is 0 Å². The first-order valence-electron chi connectivity index (χ1n) is 5.70. The predicted molar refractivity (Wildman–Crippen MR) is 56.0 cm³/mol. The van der Waals surface area contributed by atoms with E-state index in [9.17, 15) is 9.90 Å². The summed E-state index contributed by atoms with van der Waals surface area (Å²) >= 11 is 0. The average Bonchev–Trinajstić information content (AvgIpc) is 2.33. The Morgan fingerprint density at radius 3 is 2.93 bits per heavy atom. The molecular weight excluding hydrogens is 178 g/mol. The van der Waals surface area contributed by atoms with Crippen molar-refractivity contribution in [3.63, 3.8) is 0 Å². The number of hydrogen-bond acceptors (Lipinski definition) is 2. The van der Waals surface area contributed by atoms with Crippen LogP contribution < -0.4 is 0 Å². The van der Waals surface area contributed by atoms with Gasteiger partial charge in [0.25, 0.3) is 0 Å². The van der Waals surface area contributed by atoms with Crippen LogP contribution in [0, 0.1) is 0 Å². The topological polar surface area (TPSA) is 40.5 Å². The lowest BCUT2D eigenvalue weighted by atomic mass is 10.2. The predicted octanol–water partition coefficient (Wildman–Crippen LogP) is 1.55. The van der Waals surface area contributed by atoms with Gasteiger partial charge in [-0.25, -0.2) is 0 Å². The third-order valence-corrected chi connectivity index (χ3v) is 2.72. The Morgan fingerprint density at radius 2 is 2.21 bits per heavy atom. The average molecular weight is 199 g/mol. The fraction of sp³-hybridized carbons (Fsp3) is 0.909. The summed E-state index contributed by atoms with van der Waals surface area (Å²) in [6.45, 7) is 3.42. The van der Waals surface area contributed by atoms with Gasteiger partial charge in [-0.2, -0.15) is 0 Å². The molecule has 0 aromatic rings. The molecule has 0 saturated carbocycles. The van der Waals surface area contributed by atoms with Crippen LogP contribution in [0.25, 0.3) is 0 Å². The highest BCUT2D eigenvalue weighted by Gasteiger charge is 2.18. The molecule has 3 heteroatoms. The minimum absolute atomic E-state index is 0.220. The van der Waals surface area contributed by atoms with Crippen LogP contribution in [-0.2, 0) is 4.79 Å². The molecule has 0 aromatic carbocycles. The molecule has 1 aliphatic rings. The number of carbonyl (C=O) groups is 1. The van der Waals surface area contributed by atoms with Crippen molar-refractivity contribution in [3.8, 4) is 0 Å². The summed E-state index contributed by atoms with van der Waals surface area (Å²) in [5, 5.41) is 9.62. The Balaban J connectivity index is 2.36. The maximum Gasteiger partial charge on any atom is 0.222 e. The van der Waals surface area contributed by atoms with E-state index >= 15 is 0 Å². The molecule has 1 unspecified atom stereocenters. The van der Waals surface area contributed by atoms with E-state index in [1.807, 2.05) is 11.8 Å². The van der Waals surface area contributed by atoms with Gasteiger partial charge in [-0.3, -0.25) is 4.79 Å². The number of nitrogens with zero attached hydrogens (tertiary/aromatic N) is 1. The molecule has 1 atom stereocenters. The largest absolute Gasteiger partial charge is 0.391 e. The maximum atomic E-state index is 11.6. The van der Waals surface area contributed by atoms with Crippen LogP contribution in [0.2, 0.25) is 0 Å². The second kappa shape index (κ2) is 6.02. The molecular formula is C11H21NO2. The van der Waals surface area contributed by atoms with Crippen LogP contribution >= 0.6 is 0 Å². The molecule has 1 fully saturated rings. The van der Waals surface area contributed by atoms with Crippen LogP contribution in [-0.4, -0.2) is 35.1 Å². The molecule has 82 valence electrons. The molecule has 1 rings (SSSR count). The quantitative estimate of drug-likeness (QED) is 0.746. The second-order valence-corrected chi connectivity index (χ2v) is 4.09. The summed E-state index contributed by atoms with van der Waals surface area (Å²) in [7, 11) is 0. The second-order valence-electron chi connectivity index (χ2n) is 4.09. The number of amides is 1. The molecule has 0 spiro atoms. The molecule has 1 amide bonds. The molecule has 0 bridgehead atoms. The summed E-state index contributed by atoms with van der Waals surface area (Å²) in [6.07, 6.45) is 5.35. The van der Waals surface area contributed by atoms with E-state index in [0.29, 0.717) is 13.0 Å². The number of rotatable bonds is 4. The first-order chi connectivity index (χ1) is 6.74. The molecule has 1 N–H and O–H groups in total. The Morgan fingerprint density at radius 1 is 1.43 bits per heavy atom. The van der Waals surface area contributed by atoms with Gasteiger partial charge in [-0.05, 0) is 19.3 Å². The Labute approximate surface area is 86.1 Å². The molecule has 14 heavy (non-hydrogen) atoms. The van der Waals surface area contributed by atoms with E-state index in [-0.39, 0.29) is 12.0 Å². The van der Waals surface area contributed by atoms with Gasteiger partial charge in [0.05, 0.1) is 6.10 Å². The Bertz CT molecular complexity index is 182. The van der Waals surface area contributed by atoms with Crippen LogP contribution in [0.15, 0.2) is 0 Å². The van der Waals surface area contributed by atoms with E-state index < -0.39 is 0 Å². The van der Waals surface area contributed by atoms with Gasteiger partial charge in [0, 0.05) is 19.5 Å². The highest BCUT2D eigenvalue weighted by atomic mass is 16.3. The van der Waals surface area contributed by atoms with Gasteiger partial charge in [-0.15, -0.1) is 0 Å². The fourth-order valence-corrected chi connectivity index (χ4v) is 1.91. The highest BCUT2D eigenvalue weighted by Crippen LogP contribution is 2.12. The number of β-amino-alcohol motifs (C(OH)–C–C–N with tert-alkyl or cyclic N) is 1. The number of hydrogen-bond donors (Lipinski definition) is 1. The normalized spacial score (nSPS) is 20.7. The Hall–Kier alpha value is -0.570. The van der Waals surface area contributed by atoms with Gasteiger partial charge in [0.2, 0.25) is 5.91 Å². The molecule has 0 aromatic heterocycles. The van der Waals surface area contributed by atoms with Crippen molar-refractivity contribution in [1.82, 2.24) is 4.90 Å². The summed E-state index contributed by atoms with van der Waals surface area (Å²) < 4.78 is 0. The van der Waals surface area contributed by atoms with Crippen molar-refractivity contribution < 1.29 is 9.90 Å². The molecule has 1 aliphatic heterocycles. The first kappa shape index (κ1) is 11.5. The van der Waals surface area contributed by atoms with Crippen molar-refractivity contribution in [3.05, 3.63) is 0 Å². The fourth-order valence-electron chi connectivity index (χ4n) is 1.91. The molecule has 3 nitrogen and oxygen atoms in total. The SMILES string of the molecule is CCCC(O)CN1CCCCCC1=O. The van der Waals surface area contributed by atoms with Crippen molar-refractivity contribution in [2.45, 2.75) is 51.6 Å². The number of aliphatic hydroxyl groups is 1. The van der Waals surface area contributed by atoms with E-state index in [4.69, 9.17) is 0 Å². The lowest BCUT2D eigenvalue weighted by Gasteiger charge is -2.23. The van der Waals surface area contributed by atoms with Crippen molar-refractivity contribution >= 4 is 5.91 Å². The molecule has 1 saturated heterocycles. The number of aliphatic hydroxyl groups excluding tert-OH is 1. The first-order valence-corrected chi connectivity index (χ1v) is 5.70. The zero-order valence-electron chi connectivity index (χ0n) is 9.04. The number of likely N-dealkylation sites (tertiary alicyclic amines) is 1. The molecule has 0 aliphatic carbocycles. The highest BCUT2D eigenvalue weighted by molar-refractivity contribution is 5.76. The van der Waals surface area contributed by atoms with Gasteiger partial charge in [-0.1, -0.05) is 19.8 Å². The van der Waals surface area contributed by atoms with Gasteiger partial charge in [0.1, 0.15) is 0 Å². The summed E-state index contributed by atoms with van der Waals surface area (Å²) in [6, 6.07) is 0. The lowest BCUT2D eigenvalue weighted by Crippen LogP contribution is -2.37. The van der Waals surface area contributed by atoms with E-state index in [1.165, 1.54) is 0 Å². The van der Waals surface area contributed by atoms with Gasteiger partial charge < -0.3 is 10.0 Å². The zero-order chi connectivity index (χ0) is 10.4. The number of carbonyl (C=O) groups excluding carboxylic acids is 1. The standard InChI is InChI=1S/C11H21NO2/c1-2-6-10(13)9-12-8-5-3-4-7-11(12)14/h10,13H,2-9H2,1H3. The third-order valence-electron chi connectivity index (χ3n) is 2.72. The smallest absolute Gasteiger partial charge is 0.222 e. The van der Waals surface area contributed by atoms with E-state index in [1.54, 1.807) is 0 Å². The van der Waals surface area contributed by atoms with E-state index in [0.717, 1.165) is 38.6 Å². The summed E-state index contributed by atoms with van der Waals surface area (Å²) in [5.74, 6) is 0.220. The molecule has 1 heterocycles. The summed E-state index contributed by atoms with van der Waals surface area (Å²) in [5.41, 5.74) is 0. The van der Waals surface area contributed by atoms with Crippen LogP contribution in [0.5, 0.6) is 0 Å². The summed E-state index contributed by atoms with van der Waals surface area (Å²) in [4.78, 5) is 13.4. The van der Waals surface area contributed by atoms with E-state index in [2.05, 4.69) is 0 Å². The van der Waals surface area contributed by atoms with Crippen LogP contribution in [0.1, 0.15) is 45.4 Å². The monoisotopic (exact) mass is 199 g/mol. The minimum Gasteiger partial charge on any atom is -0.391 e. The van der Waals surface area contributed by atoms with Crippen LogP contribution in [0.4, 0.5) is 0 Å². The zero-order valence-corrected chi connectivity index (χ0v) is 9.04. The third kappa shape index (κ3) is 3.66. The van der Waals surface area contributed by atoms with Crippen molar-refractivity contribution in [2.24, 2.45) is 0 Å². The lowest BCUT2D eigenvalue weighted by molar-refractivity contribution is -0.132. The maximum absolute atomic E-state index is 11.6. The van der Waals surface area contributed by atoms with Crippen molar-refractivity contribution in [1.29, 1.82) is 0 Å². The van der Waals surface area contributed by atoms with Crippen molar-refractivity contribution in [2.75, 3.05) is 13.1 Å². The van der Waals surface area contributed by atoms with Crippen LogP contribution in [0.3, 0.4) is 0 Å². The Kier molecular flexibility index (Phi) is 4.94.